The number of nitrogens with zero attached hydrogens (tertiary/aromatic N) is 2. The van der Waals surface area contributed by atoms with Gasteiger partial charge in [-0.05, 0) is 36.5 Å². The van der Waals surface area contributed by atoms with Gasteiger partial charge in [0.15, 0.2) is 0 Å². The number of carbonyl (C=O) groups excluding carboxylic acids is 1. The molecule has 1 amide bonds. The van der Waals surface area contributed by atoms with Crippen molar-refractivity contribution < 1.29 is 4.79 Å². The van der Waals surface area contributed by atoms with Crippen molar-refractivity contribution in [1.82, 2.24) is 10.3 Å². The molecule has 0 saturated carbocycles. The second-order valence-electron chi connectivity index (χ2n) is 6.09. The van der Waals surface area contributed by atoms with Gasteiger partial charge in [-0.15, -0.1) is 0 Å². The average Bonchev–Trinajstić information content (AvgIpc) is 3.14. The van der Waals surface area contributed by atoms with E-state index in [-0.39, 0.29) is 11.8 Å². The molecule has 0 spiro atoms. The normalized spacial score (nSPS) is 15.4. The molecule has 1 fully saturated rings. The van der Waals surface area contributed by atoms with Crippen LogP contribution in [0.3, 0.4) is 0 Å². The first-order valence-corrected chi connectivity index (χ1v) is 8.29. The standard InChI is InChI=1S/C19H23N3O/c1-15(16-8-3-2-4-9-16)14-21-19(23)17-10-7-11-20-18(17)22-12-5-6-13-22/h2-4,7-11,15H,5-6,12-14H2,1H3,(H,21,23)/t15-/m0/s1. The highest BCUT2D eigenvalue weighted by Gasteiger charge is 2.20. The zero-order chi connectivity index (χ0) is 16.1. The van der Waals surface area contributed by atoms with Crippen LogP contribution in [0.5, 0.6) is 0 Å². The van der Waals surface area contributed by atoms with E-state index in [1.807, 2.05) is 30.3 Å². The molecule has 3 rings (SSSR count). The van der Waals surface area contributed by atoms with Crippen molar-refractivity contribution >= 4 is 11.7 Å². The maximum absolute atomic E-state index is 12.6. The van der Waals surface area contributed by atoms with Crippen LogP contribution in [0, 0.1) is 0 Å². The first-order chi connectivity index (χ1) is 11.3. The van der Waals surface area contributed by atoms with Crippen molar-refractivity contribution in [1.29, 1.82) is 0 Å². The fraction of sp³-hybridized carbons (Fsp3) is 0.368. The number of pyridine rings is 1. The number of benzene rings is 1. The van der Waals surface area contributed by atoms with Gasteiger partial charge in [-0.1, -0.05) is 37.3 Å². The van der Waals surface area contributed by atoms with E-state index in [9.17, 15) is 4.79 Å². The predicted molar refractivity (Wildman–Crippen MR) is 92.9 cm³/mol. The summed E-state index contributed by atoms with van der Waals surface area (Å²) in [5.41, 5.74) is 1.91. The first-order valence-electron chi connectivity index (χ1n) is 8.29. The van der Waals surface area contributed by atoms with E-state index >= 15 is 0 Å². The van der Waals surface area contributed by atoms with Gasteiger partial charge in [0, 0.05) is 25.8 Å². The Morgan fingerprint density at radius 3 is 2.65 bits per heavy atom. The third kappa shape index (κ3) is 3.70. The zero-order valence-corrected chi connectivity index (χ0v) is 13.5. The number of rotatable bonds is 5. The van der Waals surface area contributed by atoms with Crippen molar-refractivity contribution in [3.63, 3.8) is 0 Å². The Balaban J connectivity index is 1.67. The fourth-order valence-electron chi connectivity index (χ4n) is 3.00. The highest BCUT2D eigenvalue weighted by atomic mass is 16.1. The molecule has 1 N–H and O–H groups in total. The van der Waals surface area contributed by atoms with Crippen LogP contribution in [-0.4, -0.2) is 30.5 Å². The summed E-state index contributed by atoms with van der Waals surface area (Å²) in [5.74, 6) is 1.06. The molecular weight excluding hydrogens is 286 g/mol. The minimum Gasteiger partial charge on any atom is -0.356 e. The molecule has 4 heteroatoms. The monoisotopic (exact) mass is 309 g/mol. The molecular formula is C19H23N3O. The summed E-state index contributed by atoms with van der Waals surface area (Å²) in [6, 6.07) is 13.9. The fourth-order valence-corrected chi connectivity index (χ4v) is 3.00. The third-order valence-electron chi connectivity index (χ3n) is 4.37. The van der Waals surface area contributed by atoms with Gasteiger partial charge in [-0.25, -0.2) is 4.98 Å². The van der Waals surface area contributed by atoms with Crippen LogP contribution in [0.4, 0.5) is 5.82 Å². The molecule has 4 nitrogen and oxygen atoms in total. The molecule has 0 aliphatic carbocycles. The number of hydrogen-bond acceptors (Lipinski definition) is 3. The smallest absolute Gasteiger partial charge is 0.255 e. The Kier molecular flexibility index (Phi) is 4.91. The van der Waals surface area contributed by atoms with Crippen LogP contribution in [0.25, 0.3) is 0 Å². The molecule has 23 heavy (non-hydrogen) atoms. The Hall–Kier alpha value is -2.36. The summed E-state index contributed by atoms with van der Waals surface area (Å²) in [6.45, 7) is 4.72. The summed E-state index contributed by atoms with van der Waals surface area (Å²) in [7, 11) is 0. The highest BCUT2D eigenvalue weighted by Crippen LogP contribution is 2.22. The molecule has 1 saturated heterocycles. The summed E-state index contributed by atoms with van der Waals surface area (Å²) in [4.78, 5) is 19.2. The Bertz CT molecular complexity index is 651. The summed E-state index contributed by atoms with van der Waals surface area (Å²) >= 11 is 0. The number of amides is 1. The summed E-state index contributed by atoms with van der Waals surface area (Å²) in [5, 5.41) is 3.06. The lowest BCUT2D eigenvalue weighted by molar-refractivity contribution is 0.0952. The van der Waals surface area contributed by atoms with Crippen LogP contribution in [-0.2, 0) is 0 Å². The maximum atomic E-state index is 12.6. The van der Waals surface area contributed by atoms with Gasteiger partial charge in [-0.3, -0.25) is 4.79 Å². The van der Waals surface area contributed by atoms with Gasteiger partial charge in [0.1, 0.15) is 5.82 Å². The van der Waals surface area contributed by atoms with Gasteiger partial charge < -0.3 is 10.2 Å². The van der Waals surface area contributed by atoms with Crippen LogP contribution in [0.2, 0.25) is 0 Å². The third-order valence-corrected chi connectivity index (χ3v) is 4.37. The van der Waals surface area contributed by atoms with Crippen molar-refractivity contribution in [2.75, 3.05) is 24.5 Å². The second-order valence-corrected chi connectivity index (χ2v) is 6.09. The molecule has 1 aliphatic rings. The molecule has 0 radical (unpaired) electrons. The van der Waals surface area contributed by atoms with Gasteiger partial charge in [0.2, 0.25) is 0 Å². The van der Waals surface area contributed by atoms with Gasteiger partial charge >= 0.3 is 0 Å². The largest absolute Gasteiger partial charge is 0.356 e. The van der Waals surface area contributed by atoms with Gasteiger partial charge in [0.05, 0.1) is 5.56 Å². The van der Waals surface area contributed by atoms with E-state index < -0.39 is 0 Å². The molecule has 0 bridgehead atoms. The number of nitrogens with one attached hydrogen (secondary N) is 1. The molecule has 0 unspecified atom stereocenters. The quantitative estimate of drug-likeness (QED) is 0.922. The van der Waals surface area contributed by atoms with Crippen LogP contribution >= 0.6 is 0 Å². The molecule has 1 aromatic carbocycles. The zero-order valence-electron chi connectivity index (χ0n) is 13.5. The number of aromatic nitrogens is 1. The second kappa shape index (κ2) is 7.27. The minimum absolute atomic E-state index is 0.0391. The van der Waals surface area contributed by atoms with Gasteiger partial charge in [0.25, 0.3) is 5.91 Å². The number of anilines is 1. The topological polar surface area (TPSA) is 45.2 Å². The van der Waals surface area contributed by atoms with Gasteiger partial charge in [-0.2, -0.15) is 0 Å². The molecule has 1 aliphatic heterocycles. The molecule has 1 aromatic heterocycles. The number of carbonyl (C=O) groups is 1. The average molecular weight is 309 g/mol. The molecule has 2 aromatic rings. The van der Waals surface area contributed by atoms with Crippen molar-refractivity contribution in [2.45, 2.75) is 25.7 Å². The van der Waals surface area contributed by atoms with Crippen molar-refractivity contribution in [3.8, 4) is 0 Å². The lowest BCUT2D eigenvalue weighted by Crippen LogP contribution is -2.30. The molecule has 1 atom stereocenters. The highest BCUT2D eigenvalue weighted by molar-refractivity contribution is 5.98. The van der Waals surface area contributed by atoms with E-state index in [4.69, 9.17) is 0 Å². The lowest BCUT2D eigenvalue weighted by atomic mass is 10.0. The Labute approximate surface area is 137 Å². The van der Waals surface area contributed by atoms with E-state index in [1.165, 1.54) is 18.4 Å². The first kappa shape index (κ1) is 15.5. The van der Waals surface area contributed by atoms with E-state index in [0.717, 1.165) is 18.9 Å². The van der Waals surface area contributed by atoms with E-state index in [2.05, 4.69) is 34.3 Å². The number of hydrogen-bond donors (Lipinski definition) is 1. The lowest BCUT2D eigenvalue weighted by Gasteiger charge is -2.20. The SMILES string of the molecule is C[C@@H](CNC(=O)c1cccnc1N1CCCC1)c1ccccc1. The summed E-state index contributed by atoms with van der Waals surface area (Å²) in [6.07, 6.45) is 4.10. The summed E-state index contributed by atoms with van der Waals surface area (Å²) < 4.78 is 0. The minimum atomic E-state index is -0.0391. The van der Waals surface area contributed by atoms with Crippen LogP contribution in [0.15, 0.2) is 48.7 Å². The Morgan fingerprint density at radius 2 is 1.91 bits per heavy atom. The Morgan fingerprint density at radius 1 is 1.17 bits per heavy atom. The van der Waals surface area contributed by atoms with Crippen molar-refractivity contribution in [2.24, 2.45) is 0 Å². The molecule has 2 heterocycles. The van der Waals surface area contributed by atoms with E-state index in [1.54, 1.807) is 6.20 Å². The predicted octanol–water partition coefficient (Wildman–Crippen LogP) is 3.22. The van der Waals surface area contributed by atoms with E-state index in [0.29, 0.717) is 12.1 Å². The van der Waals surface area contributed by atoms with Crippen molar-refractivity contribution in [3.05, 3.63) is 59.8 Å². The van der Waals surface area contributed by atoms with Crippen LogP contribution in [0.1, 0.15) is 41.6 Å². The van der Waals surface area contributed by atoms with Crippen LogP contribution < -0.4 is 10.2 Å². The molecule has 120 valence electrons. The maximum Gasteiger partial charge on any atom is 0.255 e.